The number of methoxy groups -OCH3 is 1. The van der Waals surface area contributed by atoms with Crippen LogP contribution in [0.15, 0.2) is 145 Å². The van der Waals surface area contributed by atoms with Crippen molar-refractivity contribution in [1.82, 2.24) is 4.98 Å². The van der Waals surface area contributed by atoms with Gasteiger partial charge in [-0.1, -0.05) is 109 Å². The molecule has 0 spiro atoms. The quantitative estimate of drug-likeness (QED) is 0.156. The number of para-hydroxylation sites is 2. The van der Waals surface area contributed by atoms with E-state index in [0.717, 1.165) is 35.5 Å². The summed E-state index contributed by atoms with van der Waals surface area (Å²) in [4.78, 5) is 5.54. The van der Waals surface area contributed by atoms with Crippen LogP contribution in [0.3, 0.4) is 0 Å². The number of rotatable bonds is 3. The number of fused-ring (bicyclic) bond motifs is 2. The lowest BCUT2D eigenvalue weighted by Crippen LogP contribution is -2.29. The van der Waals surface area contributed by atoms with E-state index in [2.05, 4.69) is 146 Å². The molecule has 2 bridgehead atoms. The van der Waals surface area contributed by atoms with Gasteiger partial charge in [0.25, 0.3) is 0 Å². The molecule has 3 unspecified atom stereocenters. The van der Waals surface area contributed by atoms with Gasteiger partial charge in [0.05, 0.1) is 24.2 Å². The molecule has 2 heterocycles. The maximum atomic E-state index is 5.88. The van der Waals surface area contributed by atoms with Crippen LogP contribution in [0.5, 0.6) is 0 Å². The molecule has 2 aliphatic rings. The Labute approximate surface area is 273 Å². The summed E-state index contributed by atoms with van der Waals surface area (Å²) in [5.41, 5.74) is 7.35. The van der Waals surface area contributed by atoms with Crippen LogP contribution >= 0.6 is 15.8 Å². The number of aromatic nitrogens is 1. The van der Waals surface area contributed by atoms with Gasteiger partial charge in [0, 0.05) is 34.1 Å². The van der Waals surface area contributed by atoms with Crippen molar-refractivity contribution in [3.05, 3.63) is 161 Å². The number of allylic oxidation sites excluding steroid dienone is 1. The Morgan fingerprint density at radius 3 is 1.98 bits per heavy atom. The second-order valence-electron chi connectivity index (χ2n) is 12.1. The minimum absolute atomic E-state index is 0.143. The van der Waals surface area contributed by atoms with Crippen molar-refractivity contribution in [3.63, 3.8) is 0 Å². The fourth-order valence-corrected chi connectivity index (χ4v) is 12.0. The standard InChI is InChI=1S/C41H36N2OP2/c1-28-19-21-36-38(23-28)45(34-15-5-3-6-16-34)26-31-13-9-11-29-24-30-12-10-14-32(41(30)43-40(29)31)27-46(35-17-7-4-8-18-35)39-25-33(44-2)20-22-37(39)42-36/h3-21,23-25,37,42H,22,26-27H2,1-2H3. The summed E-state index contributed by atoms with van der Waals surface area (Å²) in [6, 6.07) is 45.1. The first-order valence-corrected chi connectivity index (χ1v) is 19.0. The summed E-state index contributed by atoms with van der Waals surface area (Å²) in [6.07, 6.45) is 7.26. The summed E-state index contributed by atoms with van der Waals surface area (Å²) in [5, 5.41) is 12.1. The Hall–Kier alpha value is -4.29. The average Bonchev–Trinajstić information content (AvgIpc) is 3.10. The minimum Gasteiger partial charge on any atom is -0.497 e. The molecule has 0 fully saturated rings. The molecule has 0 saturated carbocycles. The number of ether oxygens (including phenoxy) is 1. The number of hydrogen-bond acceptors (Lipinski definition) is 3. The largest absolute Gasteiger partial charge is 0.497 e. The van der Waals surface area contributed by atoms with Crippen molar-refractivity contribution >= 4 is 59.3 Å². The molecule has 1 aromatic heterocycles. The van der Waals surface area contributed by atoms with E-state index < -0.39 is 15.8 Å². The molecular weight excluding hydrogens is 598 g/mol. The zero-order valence-corrected chi connectivity index (χ0v) is 27.9. The van der Waals surface area contributed by atoms with E-state index >= 15 is 0 Å². The number of anilines is 1. The van der Waals surface area contributed by atoms with Crippen molar-refractivity contribution in [2.24, 2.45) is 0 Å². The van der Waals surface area contributed by atoms with Gasteiger partial charge in [-0.15, -0.1) is 0 Å². The summed E-state index contributed by atoms with van der Waals surface area (Å²) >= 11 is 0. The highest BCUT2D eigenvalue weighted by Gasteiger charge is 2.30. The fraction of sp³-hybridized carbons (Fsp3) is 0.146. The molecule has 46 heavy (non-hydrogen) atoms. The van der Waals surface area contributed by atoms with E-state index in [1.165, 1.54) is 54.4 Å². The van der Waals surface area contributed by atoms with Gasteiger partial charge in [0.1, 0.15) is 5.76 Å². The van der Waals surface area contributed by atoms with Gasteiger partial charge in [-0.05, 0) is 86.6 Å². The number of nitrogens with one attached hydrogen (secondary N) is 1. The van der Waals surface area contributed by atoms with E-state index in [9.17, 15) is 0 Å². The Bertz CT molecular complexity index is 2120. The third kappa shape index (κ3) is 5.53. The SMILES string of the molecule is COC1=CCC2Nc3ccc(C)cc3P(c3ccccc3)Cc3cccc4cc5cccc(c5nc34)CP(c3ccccc3)C2=C1. The number of aryl methyl sites for hydroxylation is 1. The number of benzene rings is 5. The molecule has 1 N–H and O–H groups in total. The summed E-state index contributed by atoms with van der Waals surface area (Å²) in [5.74, 6) is 0.944. The molecule has 226 valence electrons. The van der Waals surface area contributed by atoms with Crippen LogP contribution < -0.4 is 21.2 Å². The lowest BCUT2D eigenvalue weighted by atomic mass is 10.1. The Morgan fingerprint density at radius 2 is 1.33 bits per heavy atom. The first kappa shape index (κ1) is 29.1. The summed E-state index contributed by atoms with van der Waals surface area (Å²) in [7, 11) is 0.298. The summed E-state index contributed by atoms with van der Waals surface area (Å²) in [6.45, 7) is 2.21. The molecule has 1 aliphatic carbocycles. The van der Waals surface area contributed by atoms with Crippen LogP contribution in [-0.2, 0) is 17.1 Å². The molecule has 3 nitrogen and oxygen atoms in total. The van der Waals surface area contributed by atoms with E-state index in [-0.39, 0.29) is 6.04 Å². The van der Waals surface area contributed by atoms with Gasteiger partial charge in [-0.25, -0.2) is 4.98 Å². The maximum Gasteiger partial charge on any atom is 0.115 e. The topological polar surface area (TPSA) is 34.1 Å². The lowest BCUT2D eigenvalue weighted by molar-refractivity contribution is 0.303. The molecule has 8 rings (SSSR count). The van der Waals surface area contributed by atoms with Crippen LogP contribution in [0.25, 0.3) is 21.8 Å². The first-order chi connectivity index (χ1) is 22.6. The molecule has 5 heteroatoms. The minimum atomic E-state index is -0.752. The lowest BCUT2D eigenvalue weighted by Gasteiger charge is -2.33. The van der Waals surface area contributed by atoms with Crippen LogP contribution in [0, 0.1) is 6.92 Å². The van der Waals surface area contributed by atoms with E-state index in [1.807, 2.05) is 0 Å². The first-order valence-electron chi connectivity index (χ1n) is 15.9. The fourth-order valence-electron chi connectivity index (χ4n) is 6.84. The average molecular weight is 635 g/mol. The molecule has 1 aliphatic heterocycles. The third-order valence-electron chi connectivity index (χ3n) is 9.15. The normalized spacial score (nSPS) is 19.5. The molecule has 0 saturated heterocycles. The van der Waals surface area contributed by atoms with Gasteiger partial charge < -0.3 is 10.1 Å². The van der Waals surface area contributed by atoms with Gasteiger partial charge in [0.2, 0.25) is 0 Å². The van der Waals surface area contributed by atoms with E-state index in [1.54, 1.807) is 7.11 Å². The number of pyridine rings is 1. The zero-order valence-electron chi connectivity index (χ0n) is 26.2. The van der Waals surface area contributed by atoms with Crippen LogP contribution in [0.2, 0.25) is 0 Å². The monoisotopic (exact) mass is 634 g/mol. The second-order valence-corrected chi connectivity index (χ2v) is 16.5. The molecule has 0 amide bonds. The van der Waals surface area contributed by atoms with Crippen LogP contribution in [0.1, 0.15) is 23.1 Å². The number of hydrogen-bond donors (Lipinski definition) is 1. The van der Waals surface area contributed by atoms with Crippen molar-refractivity contribution in [1.29, 1.82) is 0 Å². The Kier molecular flexibility index (Phi) is 7.91. The highest BCUT2D eigenvalue weighted by molar-refractivity contribution is 7.72. The predicted octanol–water partition coefficient (Wildman–Crippen LogP) is 9.25. The van der Waals surface area contributed by atoms with Crippen molar-refractivity contribution in [2.75, 3.05) is 12.4 Å². The van der Waals surface area contributed by atoms with E-state index in [4.69, 9.17) is 9.72 Å². The van der Waals surface area contributed by atoms with Crippen LogP contribution in [0.4, 0.5) is 5.69 Å². The van der Waals surface area contributed by atoms with Gasteiger partial charge in [0.15, 0.2) is 0 Å². The van der Waals surface area contributed by atoms with Gasteiger partial charge >= 0.3 is 0 Å². The molecule has 5 aromatic carbocycles. The third-order valence-corrected chi connectivity index (χ3v) is 14.3. The maximum absolute atomic E-state index is 5.88. The Morgan fingerprint density at radius 1 is 0.696 bits per heavy atom. The molecular formula is C41H36N2OP2. The van der Waals surface area contributed by atoms with Crippen molar-refractivity contribution < 1.29 is 4.74 Å². The van der Waals surface area contributed by atoms with E-state index in [0.29, 0.717) is 0 Å². The van der Waals surface area contributed by atoms with Crippen LogP contribution in [-0.4, -0.2) is 18.1 Å². The van der Waals surface area contributed by atoms with Crippen molar-refractivity contribution in [3.8, 4) is 0 Å². The molecule has 6 aromatic rings. The van der Waals surface area contributed by atoms with Crippen molar-refractivity contribution in [2.45, 2.75) is 31.7 Å². The zero-order chi connectivity index (χ0) is 31.0. The second kappa shape index (κ2) is 12.5. The Balaban J connectivity index is 1.42. The van der Waals surface area contributed by atoms with Gasteiger partial charge in [-0.3, -0.25) is 0 Å². The molecule has 3 atom stereocenters. The highest BCUT2D eigenvalue weighted by Crippen LogP contribution is 2.52. The van der Waals surface area contributed by atoms with Gasteiger partial charge in [-0.2, -0.15) is 0 Å². The smallest absolute Gasteiger partial charge is 0.115 e. The highest BCUT2D eigenvalue weighted by atomic mass is 31.1. The number of nitrogens with zero attached hydrogens (tertiary/aromatic N) is 1. The predicted molar refractivity (Wildman–Crippen MR) is 199 cm³/mol. The summed E-state index contributed by atoms with van der Waals surface area (Å²) < 4.78 is 5.88. The molecule has 0 radical (unpaired) electrons.